The Morgan fingerprint density at radius 2 is 2.05 bits per heavy atom. The van der Waals surface area contributed by atoms with Crippen LogP contribution < -0.4 is 10.1 Å². The van der Waals surface area contributed by atoms with Gasteiger partial charge in [-0.05, 0) is 40.0 Å². The van der Waals surface area contributed by atoms with Gasteiger partial charge < -0.3 is 10.1 Å². The highest BCUT2D eigenvalue weighted by Gasteiger charge is 2.23. The zero-order valence-electron chi connectivity index (χ0n) is 12.0. The number of hydrogen-bond donors (Lipinski definition) is 1. The molecular weight excluding hydrogens is 238 g/mol. The number of nitrogens with zero attached hydrogens (tertiary/aromatic N) is 2. The zero-order chi connectivity index (χ0) is 13.9. The maximum Gasteiger partial charge on any atom is 0.143 e. The van der Waals surface area contributed by atoms with E-state index in [0.29, 0.717) is 6.61 Å². The second kappa shape index (κ2) is 5.45. The first-order valence-corrected chi connectivity index (χ1v) is 6.54. The second-order valence-corrected chi connectivity index (χ2v) is 4.92. The molecule has 0 spiro atoms. The normalized spacial score (nSPS) is 11.6. The van der Waals surface area contributed by atoms with E-state index < -0.39 is 0 Å². The monoisotopic (exact) mass is 259 g/mol. The highest BCUT2D eigenvalue weighted by atomic mass is 16.5. The molecule has 0 unspecified atom stereocenters. The van der Waals surface area contributed by atoms with Gasteiger partial charge in [0.05, 0.1) is 36.1 Å². The van der Waals surface area contributed by atoms with Crippen LogP contribution in [-0.2, 0) is 5.54 Å². The highest BCUT2D eigenvalue weighted by Crippen LogP contribution is 2.28. The fourth-order valence-corrected chi connectivity index (χ4v) is 2.01. The number of nitrogens with one attached hydrogen (secondary N) is 1. The third kappa shape index (κ3) is 2.63. The number of hydrogen-bond acceptors (Lipinski definition) is 3. The summed E-state index contributed by atoms with van der Waals surface area (Å²) in [5, 5.41) is 3.30. The van der Waals surface area contributed by atoms with Crippen molar-refractivity contribution in [2.24, 2.45) is 0 Å². The standard InChI is InChI=1S/C15H21N3O/c1-5-19-13-9-7-6-8-12(13)18-11-17-10-14(18)15(2,3)16-4/h6-11,16H,5H2,1-4H3. The molecule has 0 fully saturated rings. The lowest BCUT2D eigenvalue weighted by Crippen LogP contribution is -2.35. The molecule has 0 amide bonds. The summed E-state index contributed by atoms with van der Waals surface area (Å²) in [7, 11) is 1.95. The number of para-hydroxylation sites is 2. The van der Waals surface area contributed by atoms with Gasteiger partial charge in [-0.1, -0.05) is 12.1 Å². The van der Waals surface area contributed by atoms with E-state index >= 15 is 0 Å². The van der Waals surface area contributed by atoms with Gasteiger partial charge in [-0.15, -0.1) is 0 Å². The summed E-state index contributed by atoms with van der Waals surface area (Å²) in [4.78, 5) is 4.28. The molecule has 0 saturated carbocycles. The molecule has 1 aromatic heterocycles. The minimum absolute atomic E-state index is 0.157. The highest BCUT2D eigenvalue weighted by molar-refractivity contribution is 5.48. The SMILES string of the molecule is CCOc1ccccc1-n1cncc1C(C)(C)NC. The van der Waals surface area contributed by atoms with E-state index in [1.165, 1.54) is 0 Å². The summed E-state index contributed by atoms with van der Waals surface area (Å²) in [5.41, 5.74) is 1.96. The maximum absolute atomic E-state index is 5.69. The summed E-state index contributed by atoms with van der Waals surface area (Å²) in [6.45, 7) is 6.90. The molecule has 0 saturated heterocycles. The van der Waals surface area contributed by atoms with Crippen LogP contribution in [0.25, 0.3) is 5.69 Å². The molecule has 102 valence electrons. The Balaban J connectivity index is 2.52. The Labute approximate surface area is 114 Å². The molecule has 0 radical (unpaired) electrons. The van der Waals surface area contributed by atoms with E-state index in [0.717, 1.165) is 17.1 Å². The van der Waals surface area contributed by atoms with E-state index in [2.05, 4.69) is 28.7 Å². The van der Waals surface area contributed by atoms with Crippen LogP contribution in [0.4, 0.5) is 0 Å². The zero-order valence-corrected chi connectivity index (χ0v) is 12.0. The summed E-state index contributed by atoms with van der Waals surface area (Å²) in [6, 6.07) is 8.01. The molecule has 1 heterocycles. The lowest BCUT2D eigenvalue weighted by atomic mass is 10.0. The average Bonchev–Trinajstić information content (AvgIpc) is 2.90. The van der Waals surface area contributed by atoms with Crippen molar-refractivity contribution >= 4 is 0 Å². The van der Waals surface area contributed by atoms with Gasteiger partial charge in [-0.25, -0.2) is 4.98 Å². The first kappa shape index (κ1) is 13.6. The molecule has 19 heavy (non-hydrogen) atoms. The van der Waals surface area contributed by atoms with Gasteiger partial charge in [0.1, 0.15) is 5.75 Å². The summed E-state index contributed by atoms with van der Waals surface area (Å²) < 4.78 is 7.76. The van der Waals surface area contributed by atoms with Gasteiger partial charge in [-0.2, -0.15) is 0 Å². The predicted octanol–water partition coefficient (Wildman–Crippen LogP) is 2.73. The van der Waals surface area contributed by atoms with Crippen molar-refractivity contribution in [3.05, 3.63) is 42.5 Å². The number of benzene rings is 1. The lowest BCUT2D eigenvalue weighted by Gasteiger charge is -2.26. The molecule has 1 N–H and O–H groups in total. The molecule has 2 aromatic rings. The van der Waals surface area contributed by atoms with Crippen molar-refractivity contribution in [2.45, 2.75) is 26.3 Å². The number of aromatic nitrogens is 2. The van der Waals surface area contributed by atoms with Crippen molar-refractivity contribution in [1.82, 2.24) is 14.9 Å². The van der Waals surface area contributed by atoms with E-state index in [1.54, 1.807) is 0 Å². The predicted molar refractivity (Wildman–Crippen MR) is 76.8 cm³/mol. The van der Waals surface area contributed by atoms with Crippen LogP contribution in [-0.4, -0.2) is 23.2 Å². The van der Waals surface area contributed by atoms with Gasteiger partial charge >= 0.3 is 0 Å². The van der Waals surface area contributed by atoms with Crippen molar-refractivity contribution < 1.29 is 4.74 Å². The van der Waals surface area contributed by atoms with Crippen LogP contribution in [0.1, 0.15) is 26.5 Å². The third-order valence-corrected chi connectivity index (χ3v) is 3.33. The van der Waals surface area contributed by atoms with Gasteiger partial charge in [0.15, 0.2) is 0 Å². The minimum Gasteiger partial charge on any atom is -0.492 e. The second-order valence-electron chi connectivity index (χ2n) is 4.92. The van der Waals surface area contributed by atoms with Crippen LogP contribution >= 0.6 is 0 Å². The third-order valence-electron chi connectivity index (χ3n) is 3.33. The first-order valence-electron chi connectivity index (χ1n) is 6.54. The van der Waals surface area contributed by atoms with Gasteiger partial charge in [0.25, 0.3) is 0 Å². The van der Waals surface area contributed by atoms with Crippen molar-refractivity contribution in [2.75, 3.05) is 13.7 Å². The smallest absolute Gasteiger partial charge is 0.143 e. The Bertz CT molecular complexity index is 546. The van der Waals surface area contributed by atoms with Gasteiger partial charge in [0.2, 0.25) is 0 Å². The fraction of sp³-hybridized carbons (Fsp3) is 0.400. The van der Waals surface area contributed by atoms with Crippen LogP contribution in [0.2, 0.25) is 0 Å². The first-order chi connectivity index (χ1) is 9.10. The maximum atomic E-state index is 5.69. The number of imidazole rings is 1. The molecule has 4 heteroatoms. The topological polar surface area (TPSA) is 39.1 Å². The van der Waals surface area contributed by atoms with Gasteiger partial charge in [-0.3, -0.25) is 4.57 Å². The quantitative estimate of drug-likeness (QED) is 0.897. The van der Waals surface area contributed by atoms with E-state index in [1.807, 2.05) is 50.8 Å². The van der Waals surface area contributed by atoms with Gasteiger partial charge in [0, 0.05) is 0 Å². The van der Waals surface area contributed by atoms with Crippen molar-refractivity contribution in [1.29, 1.82) is 0 Å². The molecule has 0 atom stereocenters. The molecule has 1 aromatic carbocycles. The average molecular weight is 259 g/mol. The Kier molecular flexibility index (Phi) is 3.90. The molecule has 4 nitrogen and oxygen atoms in total. The fourth-order valence-electron chi connectivity index (χ4n) is 2.01. The summed E-state index contributed by atoms with van der Waals surface area (Å²) >= 11 is 0. The molecule has 0 aliphatic carbocycles. The van der Waals surface area contributed by atoms with Crippen molar-refractivity contribution in [3.8, 4) is 11.4 Å². The largest absolute Gasteiger partial charge is 0.492 e. The van der Waals surface area contributed by atoms with Crippen LogP contribution in [0.5, 0.6) is 5.75 Å². The summed E-state index contributed by atoms with van der Waals surface area (Å²) in [6.07, 6.45) is 3.71. The lowest BCUT2D eigenvalue weighted by molar-refractivity contribution is 0.338. The molecular formula is C15H21N3O. The Hall–Kier alpha value is -1.81. The van der Waals surface area contributed by atoms with Crippen LogP contribution in [0.3, 0.4) is 0 Å². The van der Waals surface area contributed by atoms with E-state index in [-0.39, 0.29) is 5.54 Å². The molecule has 0 aliphatic rings. The molecule has 0 aliphatic heterocycles. The minimum atomic E-state index is -0.157. The molecule has 2 rings (SSSR count). The van der Waals surface area contributed by atoms with Crippen LogP contribution in [0.15, 0.2) is 36.8 Å². The summed E-state index contributed by atoms with van der Waals surface area (Å²) in [5.74, 6) is 0.871. The van der Waals surface area contributed by atoms with E-state index in [4.69, 9.17) is 4.74 Å². The van der Waals surface area contributed by atoms with Crippen molar-refractivity contribution in [3.63, 3.8) is 0 Å². The number of rotatable bonds is 5. The number of ether oxygens (including phenoxy) is 1. The Morgan fingerprint density at radius 3 is 2.74 bits per heavy atom. The van der Waals surface area contributed by atoms with E-state index in [9.17, 15) is 0 Å². The Morgan fingerprint density at radius 1 is 1.32 bits per heavy atom. The molecule has 0 bridgehead atoms. The van der Waals surface area contributed by atoms with Crippen LogP contribution in [0, 0.1) is 0 Å².